The second-order valence-corrected chi connectivity index (χ2v) is 6.65. The summed E-state index contributed by atoms with van der Waals surface area (Å²) in [7, 11) is 1.41. The van der Waals surface area contributed by atoms with Crippen LogP contribution >= 0.6 is 15.9 Å². The van der Waals surface area contributed by atoms with Gasteiger partial charge in [-0.05, 0) is 18.2 Å². The number of likely N-dealkylation sites (tertiary alicyclic amines) is 1. The van der Waals surface area contributed by atoms with Crippen molar-refractivity contribution in [3.05, 3.63) is 28.2 Å². The van der Waals surface area contributed by atoms with E-state index in [9.17, 15) is 4.79 Å². The summed E-state index contributed by atoms with van der Waals surface area (Å²) >= 11 is 3.47. The number of rotatable bonds is 0. The van der Waals surface area contributed by atoms with Crippen molar-refractivity contribution in [1.82, 2.24) is 4.90 Å². The van der Waals surface area contributed by atoms with E-state index < -0.39 is 0 Å². The fourth-order valence-electron chi connectivity index (χ4n) is 3.22. The number of fused-ring (bicyclic) bond motifs is 1. The van der Waals surface area contributed by atoms with Crippen LogP contribution in [0.4, 0.5) is 4.79 Å². The zero-order valence-electron chi connectivity index (χ0n) is 12.0. The van der Waals surface area contributed by atoms with Gasteiger partial charge >= 0.3 is 6.09 Å². The molecule has 5 nitrogen and oxygen atoms in total. The molecular weight excluding hydrogens is 336 g/mol. The van der Waals surface area contributed by atoms with Crippen LogP contribution in [0.5, 0.6) is 5.75 Å². The van der Waals surface area contributed by atoms with E-state index in [1.54, 1.807) is 4.90 Å². The third-order valence-electron chi connectivity index (χ3n) is 4.40. The molecule has 1 amide bonds. The number of methoxy groups -OCH3 is 1. The van der Waals surface area contributed by atoms with Crippen molar-refractivity contribution in [2.75, 3.05) is 20.2 Å². The highest BCUT2D eigenvalue weighted by atomic mass is 79.9. The number of piperidine rings is 1. The third kappa shape index (κ3) is 2.74. The van der Waals surface area contributed by atoms with E-state index in [1.807, 2.05) is 18.2 Å². The summed E-state index contributed by atoms with van der Waals surface area (Å²) < 4.78 is 12.1. The number of carbonyl (C=O) groups excluding carboxylic acids is 1. The number of benzene rings is 1. The molecule has 0 bridgehead atoms. The summed E-state index contributed by atoms with van der Waals surface area (Å²) in [5.41, 5.74) is 7.12. The van der Waals surface area contributed by atoms with Gasteiger partial charge in [-0.1, -0.05) is 15.9 Å². The molecule has 21 heavy (non-hydrogen) atoms. The lowest BCUT2D eigenvalue weighted by atomic mass is 9.81. The van der Waals surface area contributed by atoms with Crippen LogP contribution in [0.25, 0.3) is 0 Å². The van der Waals surface area contributed by atoms with Crippen LogP contribution < -0.4 is 10.5 Å². The fourth-order valence-corrected chi connectivity index (χ4v) is 3.60. The number of nitrogens with two attached hydrogens (primary N) is 1. The first-order valence-corrected chi connectivity index (χ1v) is 7.89. The van der Waals surface area contributed by atoms with Crippen LogP contribution in [0.3, 0.4) is 0 Å². The van der Waals surface area contributed by atoms with Gasteiger partial charge in [-0.25, -0.2) is 4.79 Å². The molecule has 1 atom stereocenters. The molecule has 0 radical (unpaired) electrons. The molecule has 0 aromatic heterocycles. The van der Waals surface area contributed by atoms with Gasteiger partial charge in [0.2, 0.25) is 0 Å². The molecule has 0 saturated carbocycles. The standard InChI is InChI=1S/C15H19BrN2O3/c1-20-14(19)18-6-4-15(5-7-18)9-12(17)11-8-10(16)2-3-13(11)21-15/h2-3,8,12H,4-7,9,17H2,1H3/t12-/m0/s1. The first-order valence-electron chi connectivity index (χ1n) is 7.10. The van der Waals surface area contributed by atoms with Crippen LogP contribution in [0.1, 0.15) is 30.9 Å². The molecule has 1 aromatic carbocycles. The lowest BCUT2D eigenvalue weighted by Crippen LogP contribution is -2.52. The van der Waals surface area contributed by atoms with Crippen molar-refractivity contribution in [3.63, 3.8) is 0 Å². The number of hydrogen-bond donors (Lipinski definition) is 1. The Kier molecular flexibility index (Phi) is 3.84. The Labute approximate surface area is 132 Å². The summed E-state index contributed by atoms with van der Waals surface area (Å²) in [5.74, 6) is 0.864. The zero-order valence-corrected chi connectivity index (χ0v) is 13.6. The van der Waals surface area contributed by atoms with Gasteiger partial charge < -0.3 is 20.1 Å². The minimum Gasteiger partial charge on any atom is -0.487 e. The topological polar surface area (TPSA) is 64.8 Å². The summed E-state index contributed by atoms with van der Waals surface area (Å²) in [4.78, 5) is 13.3. The molecule has 2 N–H and O–H groups in total. The first-order chi connectivity index (χ1) is 10.0. The van der Waals surface area contributed by atoms with E-state index in [0.717, 1.165) is 35.0 Å². The number of halogens is 1. The maximum atomic E-state index is 11.6. The minimum absolute atomic E-state index is 0.0315. The number of nitrogens with zero attached hydrogens (tertiary/aromatic N) is 1. The number of ether oxygens (including phenoxy) is 2. The second kappa shape index (κ2) is 5.50. The predicted molar refractivity (Wildman–Crippen MR) is 82.3 cm³/mol. The van der Waals surface area contributed by atoms with E-state index in [-0.39, 0.29) is 17.7 Å². The van der Waals surface area contributed by atoms with Gasteiger partial charge in [0.1, 0.15) is 11.4 Å². The smallest absolute Gasteiger partial charge is 0.409 e. The third-order valence-corrected chi connectivity index (χ3v) is 4.89. The van der Waals surface area contributed by atoms with Gasteiger partial charge in [-0.3, -0.25) is 0 Å². The molecule has 0 aliphatic carbocycles. The largest absolute Gasteiger partial charge is 0.487 e. The molecule has 114 valence electrons. The monoisotopic (exact) mass is 354 g/mol. The Morgan fingerprint density at radius 3 is 2.86 bits per heavy atom. The summed E-state index contributed by atoms with van der Waals surface area (Å²) in [6, 6.07) is 5.92. The van der Waals surface area contributed by atoms with E-state index in [2.05, 4.69) is 15.9 Å². The van der Waals surface area contributed by atoms with Crippen LogP contribution in [0.15, 0.2) is 22.7 Å². The molecule has 2 aliphatic heterocycles. The number of carbonyl (C=O) groups is 1. The van der Waals surface area contributed by atoms with Crippen molar-refractivity contribution < 1.29 is 14.3 Å². The Balaban J connectivity index is 1.77. The molecule has 1 fully saturated rings. The summed E-state index contributed by atoms with van der Waals surface area (Å²) in [6.07, 6.45) is 2.08. The average molecular weight is 355 g/mol. The second-order valence-electron chi connectivity index (χ2n) is 5.73. The van der Waals surface area contributed by atoms with Crippen LogP contribution in [0.2, 0.25) is 0 Å². The van der Waals surface area contributed by atoms with Crippen molar-refractivity contribution in [2.24, 2.45) is 5.73 Å². The van der Waals surface area contributed by atoms with Crippen molar-refractivity contribution >= 4 is 22.0 Å². The molecule has 1 aromatic rings. The van der Waals surface area contributed by atoms with E-state index in [4.69, 9.17) is 15.2 Å². The van der Waals surface area contributed by atoms with Gasteiger partial charge in [-0.15, -0.1) is 0 Å². The van der Waals surface area contributed by atoms with Crippen LogP contribution in [-0.4, -0.2) is 36.8 Å². The van der Waals surface area contributed by atoms with Gasteiger partial charge in [0.05, 0.1) is 7.11 Å². The summed E-state index contributed by atoms with van der Waals surface area (Å²) in [5, 5.41) is 0. The molecule has 1 spiro atoms. The van der Waals surface area contributed by atoms with Crippen molar-refractivity contribution in [3.8, 4) is 5.75 Å². The average Bonchev–Trinajstić information content (AvgIpc) is 2.48. The Morgan fingerprint density at radius 2 is 2.19 bits per heavy atom. The molecular formula is C15H19BrN2O3. The zero-order chi connectivity index (χ0) is 15.0. The Bertz CT molecular complexity index is 556. The normalized spacial score (nSPS) is 23.4. The number of amides is 1. The molecule has 6 heteroatoms. The molecule has 0 unspecified atom stereocenters. The predicted octanol–water partition coefficient (Wildman–Crippen LogP) is 2.83. The van der Waals surface area contributed by atoms with E-state index >= 15 is 0 Å². The molecule has 2 aliphatic rings. The molecule has 1 saturated heterocycles. The SMILES string of the molecule is COC(=O)N1CCC2(CC1)C[C@H](N)c1cc(Br)ccc1O2. The molecule has 2 heterocycles. The maximum absolute atomic E-state index is 11.6. The van der Waals surface area contributed by atoms with Crippen molar-refractivity contribution in [2.45, 2.75) is 30.9 Å². The molecule has 3 rings (SSSR count). The maximum Gasteiger partial charge on any atom is 0.409 e. The first kappa shape index (κ1) is 14.7. The Morgan fingerprint density at radius 1 is 1.48 bits per heavy atom. The highest BCUT2D eigenvalue weighted by Crippen LogP contribution is 2.44. The van der Waals surface area contributed by atoms with Crippen LogP contribution in [-0.2, 0) is 4.74 Å². The lowest BCUT2D eigenvalue weighted by Gasteiger charge is -2.45. The Hall–Kier alpha value is -1.27. The van der Waals surface area contributed by atoms with E-state index in [0.29, 0.717) is 13.1 Å². The lowest BCUT2D eigenvalue weighted by molar-refractivity contribution is -0.0192. The van der Waals surface area contributed by atoms with Gasteiger partial charge in [0.25, 0.3) is 0 Å². The highest BCUT2D eigenvalue weighted by Gasteiger charge is 2.43. The number of hydrogen-bond acceptors (Lipinski definition) is 4. The highest BCUT2D eigenvalue weighted by molar-refractivity contribution is 9.10. The quantitative estimate of drug-likeness (QED) is 0.777. The van der Waals surface area contributed by atoms with Gasteiger partial charge in [0, 0.05) is 48.4 Å². The van der Waals surface area contributed by atoms with Gasteiger partial charge in [0.15, 0.2) is 0 Å². The fraction of sp³-hybridized carbons (Fsp3) is 0.533. The van der Waals surface area contributed by atoms with E-state index in [1.165, 1.54) is 7.11 Å². The van der Waals surface area contributed by atoms with Crippen LogP contribution in [0, 0.1) is 0 Å². The minimum atomic E-state index is -0.269. The van der Waals surface area contributed by atoms with Gasteiger partial charge in [-0.2, -0.15) is 0 Å². The van der Waals surface area contributed by atoms with Crippen molar-refractivity contribution in [1.29, 1.82) is 0 Å². The summed E-state index contributed by atoms with van der Waals surface area (Å²) in [6.45, 7) is 1.29.